The smallest absolute Gasteiger partial charge is 0.261 e. The molecular formula is C17H17N3O2S. The molecule has 0 aliphatic carbocycles. The summed E-state index contributed by atoms with van der Waals surface area (Å²) in [5.74, 6) is 0. The van der Waals surface area contributed by atoms with Gasteiger partial charge in [-0.3, -0.25) is 14.7 Å². The first-order valence-corrected chi connectivity index (χ1v) is 8.89. The molecule has 0 bridgehead atoms. The van der Waals surface area contributed by atoms with E-state index in [4.69, 9.17) is 0 Å². The minimum absolute atomic E-state index is 0.266. The summed E-state index contributed by atoms with van der Waals surface area (Å²) in [4.78, 5) is 8.62. The highest BCUT2D eigenvalue weighted by molar-refractivity contribution is 7.92. The number of anilines is 1. The molecule has 0 atom stereocenters. The van der Waals surface area contributed by atoms with Crippen LogP contribution in [0.3, 0.4) is 0 Å². The topological polar surface area (TPSA) is 72.0 Å². The third-order valence-electron chi connectivity index (χ3n) is 3.47. The molecule has 0 spiro atoms. The van der Waals surface area contributed by atoms with Gasteiger partial charge in [0.05, 0.1) is 21.6 Å². The number of nitrogens with one attached hydrogen (secondary N) is 1. The quantitative estimate of drug-likeness (QED) is 0.780. The first kappa shape index (κ1) is 15.4. The van der Waals surface area contributed by atoms with Crippen molar-refractivity contribution in [2.75, 3.05) is 4.72 Å². The Bertz CT molecular complexity index is 939. The molecule has 6 heteroatoms. The van der Waals surface area contributed by atoms with Crippen molar-refractivity contribution < 1.29 is 8.42 Å². The summed E-state index contributed by atoms with van der Waals surface area (Å²) in [6.07, 6.45) is 5.01. The normalized spacial score (nSPS) is 11.5. The Kier molecular flexibility index (Phi) is 4.25. The molecule has 0 aliphatic rings. The predicted octanol–water partition coefficient (Wildman–Crippen LogP) is 3.38. The maximum absolute atomic E-state index is 12.5. The fraction of sp³-hybridized carbons (Fsp3) is 0.176. The van der Waals surface area contributed by atoms with Crippen LogP contribution in [0.15, 0.2) is 59.8 Å². The molecule has 0 aliphatic heterocycles. The molecule has 0 saturated heterocycles. The van der Waals surface area contributed by atoms with E-state index in [1.807, 2.05) is 6.07 Å². The monoisotopic (exact) mass is 327 g/mol. The molecule has 0 radical (unpaired) electrons. The Hall–Kier alpha value is -2.47. The van der Waals surface area contributed by atoms with Crippen LogP contribution in [-0.4, -0.2) is 18.4 Å². The van der Waals surface area contributed by atoms with Gasteiger partial charge in [0.25, 0.3) is 10.0 Å². The highest BCUT2D eigenvalue weighted by Gasteiger charge is 2.15. The second-order valence-corrected chi connectivity index (χ2v) is 6.95. The number of sulfonamides is 1. The second-order valence-electron chi connectivity index (χ2n) is 5.26. The Morgan fingerprint density at radius 3 is 2.57 bits per heavy atom. The molecule has 1 aromatic heterocycles. The average molecular weight is 327 g/mol. The fourth-order valence-corrected chi connectivity index (χ4v) is 3.52. The van der Waals surface area contributed by atoms with Gasteiger partial charge in [0.2, 0.25) is 0 Å². The lowest BCUT2D eigenvalue weighted by Crippen LogP contribution is -2.13. The van der Waals surface area contributed by atoms with Gasteiger partial charge < -0.3 is 0 Å². The summed E-state index contributed by atoms with van der Waals surface area (Å²) < 4.78 is 27.7. The summed E-state index contributed by atoms with van der Waals surface area (Å²) in [7, 11) is -3.62. The predicted molar refractivity (Wildman–Crippen MR) is 90.8 cm³/mol. The molecule has 1 N–H and O–H groups in total. The van der Waals surface area contributed by atoms with E-state index in [2.05, 4.69) is 21.6 Å². The van der Waals surface area contributed by atoms with Gasteiger partial charge in [-0.15, -0.1) is 0 Å². The zero-order valence-corrected chi connectivity index (χ0v) is 13.5. The molecule has 23 heavy (non-hydrogen) atoms. The Morgan fingerprint density at radius 2 is 1.78 bits per heavy atom. The number of aryl methyl sites for hydroxylation is 1. The summed E-state index contributed by atoms with van der Waals surface area (Å²) in [6, 6.07) is 12.1. The van der Waals surface area contributed by atoms with Crippen LogP contribution in [0.1, 0.15) is 18.9 Å². The molecule has 2 aromatic carbocycles. The van der Waals surface area contributed by atoms with Crippen molar-refractivity contribution >= 4 is 26.7 Å². The van der Waals surface area contributed by atoms with Gasteiger partial charge in [-0.1, -0.05) is 25.5 Å². The van der Waals surface area contributed by atoms with Crippen molar-refractivity contribution in [3.8, 4) is 0 Å². The Balaban J connectivity index is 1.91. The first-order valence-electron chi connectivity index (χ1n) is 7.41. The van der Waals surface area contributed by atoms with E-state index in [1.165, 1.54) is 0 Å². The van der Waals surface area contributed by atoms with Gasteiger partial charge in [-0.25, -0.2) is 8.42 Å². The number of nitrogens with zero attached hydrogens (tertiary/aromatic N) is 2. The highest BCUT2D eigenvalue weighted by Crippen LogP contribution is 2.20. The standard InChI is InChI=1S/C17H17N3O2S/c1-2-4-13-5-3-6-15(11-13)23(21,22)20-14-7-8-16-17(12-14)19-10-9-18-16/h3,5-12,20H,2,4H2,1H3. The number of hydrogen-bond acceptors (Lipinski definition) is 4. The Morgan fingerprint density at radius 1 is 1.00 bits per heavy atom. The van der Waals surface area contributed by atoms with Gasteiger partial charge in [0.1, 0.15) is 0 Å². The van der Waals surface area contributed by atoms with Crippen LogP contribution in [0, 0.1) is 0 Å². The molecule has 0 amide bonds. The lowest BCUT2D eigenvalue weighted by atomic mass is 10.1. The van der Waals surface area contributed by atoms with Crippen molar-refractivity contribution in [1.29, 1.82) is 0 Å². The average Bonchev–Trinajstić information content (AvgIpc) is 2.55. The van der Waals surface area contributed by atoms with Crippen LogP contribution >= 0.6 is 0 Å². The molecule has 5 nitrogen and oxygen atoms in total. The van der Waals surface area contributed by atoms with E-state index in [0.29, 0.717) is 11.2 Å². The third-order valence-corrected chi connectivity index (χ3v) is 4.85. The van der Waals surface area contributed by atoms with Crippen molar-refractivity contribution in [2.24, 2.45) is 0 Å². The number of benzene rings is 2. The van der Waals surface area contributed by atoms with E-state index in [0.717, 1.165) is 23.9 Å². The van der Waals surface area contributed by atoms with E-state index >= 15 is 0 Å². The summed E-state index contributed by atoms with van der Waals surface area (Å²) in [6.45, 7) is 2.07. The van der Waals surface area contributed by atoms with Crippen LogP contribution in [0.4, 0.5) is 5.69 Å². The number of hydrogen-bond donors (Lipinski definition) is 1. The molecule has 3 aromatic rings. The van der Waals surface area contributed by atoms with Crippen LogP contribution in [0.2, 0.25) is 0 Å². The largest absolute Gasteiger partial charge is 0.280 e. The fourth-order valence-electron chi connectivity index (χ4n) is 2.40. The van der Waals surface area contributed by atoms with Gasteiger partial charge in [-0.05, 0) is 42.3 Å². The van der Waals surface area contributed by atoms with Crippen molar-refractivity contribution in [3.05, 3.63) is 60.4 Å². The third kappa shape index (κ3) is 3.48. The zero-order valence-electron chi connectivity index (χ0n) is 12.7. The molecule has 0 unspecified atom stereocenters. The minimum Gasteiger partial charge on any atom is -0.280 e. The molecule has 118 valence electrons. The van der Waals surface area contributed by atoms with Crippen LogP contribution in [-0.2, 0) is 16.4 Å². The molecule has 0 fully saturated rings. The van der Waals surface area contributed by atoms with E-state index < -0.39 is 10.0 Å². The molecule has 0 saturated carbocycles. The molecule has 1 heterocycles. The highest BCUT2D eigenvalue weighted by atomic mass is 32.2. The van der Waals surface area contributed by atoms with E-state index in [1.54, 1.807) is 48.8 Å². The van der Waals surface area contributed by atoms with Gasteiger partial charge in [-0.2, -0.15) is 0 Å². The lowest BCUT2D eigenvalue weighted by molar-refractivity contribution is 0.601. The van der Waals surface area contributed by atoms with Crippen LogP contribution < -0.4 is 4.72 Å². The summed E-state index contributed by atoms with van der Waals surface area (Å²) in [5.41, 5.74) is 2.85. The van der Waals surface area contributed by atoms with Crippen molar-refractivity contribution in [1.82, 2.24) is 9.97 Å². The Labute approximate surface area is 135 Å². The second kappa shape index (κ2) is 6.34. The van der Waals surface area contributed by atoms with E-state index in [9.17, 15) is 8.42 Å². The van der Waals surface area contributed by atoms with Crippen molar-refractivity contribution in [3.63, 3.8) is 0 Å². The number of rotatable bonds is 5. The van der Waals surface area contributed by atoms with Crippen LogP contribution in [0.5, 0.6) is 0 Å². The number of aromatic nitrogens is 2. The molecular weight excluding hydrogens is 310 g/mol. The summed E-state index contributed by atoms with van der Waals surface area (Å²) >= 11 is 0. The number of fused-ring (bicyclic) bond motifs is 1. The maximum atomic E-state index is 12.5. The zero-order chi connectivity index (χ0) is 16.3. The SMILES string of the molecule is CCCc1cccc(S(=O)(=O)Nc2ccc3nccnc3c2)c1. The van der Waals surface area contributed by atoms with Gasteiger partial charge in [0, 0.05) is 12.4 Å². The van der Waals surface area contributed by atoms with Crippen LogP contribution in [0.25, 0.3) is 11.0 Å². The van der Waals surface area contributed by atoms with E-state index in [-0.39, 0.29) is 4.90 Å². The van der Waals surface area contributed by atoms with Gasteiger partial charge in [0.15, 0.2) is 0 Å². The molecule has 3 rings (SSSR count). The summed E-state index contributed by atoms with van der Waals surface area (Å²) in [5, 5.41) is 0. The minimum atomic E-state index is -3.62. The first-order chi connectivity index (χ1) is 11.1. The lowest BCUT2D eigenvalue weighted by Gasteiger charge is -2.10. The van der Waals surface area contributed by atoms with Gasteiger partial charge >= 0.3 is 0 Å². The van der Waals surface area contributed by atoms with Crippen molar-refractivity contribution in [2.45, 2.75) is 24.7 Å². The maximum Gasteiger partial charge on any atom is 0.261 e.